The molecule has 0 saturated heterocycles. The van der Waals surface area contributed by atoms with Gasteiger partial charge in [0.05, 0.1) is 13.7 Å². The van der Waals surface area contributed by atoms with Crippen molar-refractivity contribution in [1.29, 1.82) is 0 Å². The zero-order valence-electron chi connectivity index (χ0n) is 5.35. The molecular formula is C6H13OS. The second kappa shape index (κ2) is 7.31. The molecule has 0 aromatic heterocycles. The van der Waals surface area contributed by atoms with E-state index in [1.54, 1.807) is 0 Å². The minimum absolute atomic E-state index is 0.782. The summed E-state index contributed by atoms with van der Waals surface area (Å²) < 4.78 is 4.62. The summed E-state index contributed by atoms with van der Waals surface area (Å²) in [6, 6.07) is 0. The number of ether oxygens (including phenoxy) is 1. The smallest absolute Gasteiger partial charge is 0.0700 e. The van der Waals surface area contributed by atoms with Crippen molar-refractivity contribution < 1.29 is 4.74 Å². The molecule has 2 heteroatoms. The molecule has 0 atom stereocenters. The van der Waals surface area contributed by atoms with Gasteiger partial charge in [0.1, 0.15) is 0 Å². The zero-order valence-corrected chi connectivity index (χ0v) is 6.17. The fraction of sp³-hybridized carbons (Fsp3) is 0.833. The summed E-state index contributed by atoms with van der Waals surface area (Å²) in [6.45, 7) is 2.96. The van der Waals surface area contributed by atoms with Gasteiger partial charge in [-0.05, 0) is 12.2 Å². The molecule has 0 amide bonds. The quantitative estimate of drug-likeness (QED) is 0.530. The molecule has 0 aromatic carbocycles. The third-order valence-corrected chi connectivity index (χ3v) is 1.87. The van der Waals surface area contributed by atoms with Crippen molar-refractivity contribution in [2.45, 2.75) is 13.3 Å². The van der Waals surface area contributed by atoms with Crippen LogP contribution >= 0.6 is 11.8 Å². The van der Waals surface area contributed by atoms with Gasteiger partial charge in [0.2, 0.25) is 0 Å². The normalized spacial score (nSPS) is 9.75. The van der Waals surface area contributed by atoms with E-state index in [-0.39, 0.29) is 0 Å². The highest BCUT2D eigenvalue weighted by Crippen LogP contribution is 2.00. The first-order valence-electron chi connectivity index (χ1n) is 2.86. The summed E-state index contributed by atoms with van der Waals surface area (Å²) in [4.78, 5) is 0. The van der Waals surface area contributed by atoms with Crippen LogP contribution < -0.4 is 0 Å². The summed E-state index contributed by atoms with van der Waals surface area (Å²) >= 11 is 1.91. The fourth-order valence-corrected chi connectivity index (χ4v) is 1.09. The minimum Gasteiger partial charge on any atom is -0.378 e. The lowest BCUT2D eigenvalue weighted by atomic mass is 10.6. The second-order valence-electron chi connectivity index (χ2n) is 1.52. The second-order valence-corrected chi connectivity index (χ2v) is 2.75. The molecule has 0 unspecified atom stereocenters. The number of thioether (sulfide) groups is 1. The monoisotopic (exact) mass is 133 g/mol. The average molecular weight is 133 g/mol. The van der Waals surface area contributed by atoms with Gasteiger partial charge in [0.15, 0.2) is 0 Å². The maximum absolute atomic E-state index is 4.62. The van der Waals surface area contributed by atoms with Crippen LogP contribution in [0.1, 0.15) is 13.3 Å². The van der Waals surface area contributed by atoms with Crippen molar-refractivity contribution in [3.05, 3.63) is 7.11 Å². The average Bonchev–Trinajstić information content (AvgIpc) is 1.81. The Morgan fingerprint density at radius 1 is 1.50 bits per heavy atom. The molecule has 0 aromatic rings. The summed E-state index contributed by atoms with van der Waals surface area (Å²) in [7, 11) is 3.27. The van der Waals surface area contributed by atoms with E-state index < -0.39 is 0 Å². The Balaban J connectivity index is 2.53. The van der Waals surface area contributed by atoms with Crippen LogP contribution in [0.5, 0.6) is 0 Å². The minimum atomic E-state index is 0.782. The first-order chi connectivity index (χ1) is 3.91. The topological polar surface area (TPSA) is 9.23 Å². The lowest BCUT2D eigenvalue weighted by molar-refractivity contribution is 0.265. The lowest BCUT2D eigenvalue weighted by Crippen LogP contribution is -1.90. The highest BCUT2D eigenvalue weighted by molar-refractivity contribution is 7.99. The molecule has 49 valence electrons. The third-order valence-electron chi connectivity index (χ3n) is 0.720. The van der Waals surface area contributed by atoms with E-state index in [4.69, 9.17) is 0 Å². The van der Waals surface area contributed by atoms with Gasteiger partial charge in [-0.15, -0.1) is 0 Å². The Labute approximate surface area is 55.8 Å². The van der Waals surface area contributed by atoms with E-state index in [0.717, 1.165) is 12.4 Å². The maximum atomic E-state index is 4.62. The molecule has 0 spiro atoms. The highest BCUT2D eigenvalue weighted by atomic mass is 32.2. The van der Waals surface area contributed by atoms with Gasteiger partial charge in [-0.25, -0.2) is 0 Å². The molecule has 8 heavy (non-hydrogen) atoms. The lowest BCUT2D eigenvalue weighted by Gasteiger charge is -1.95. The molecular weight excluding hydrogens is 120 g/mol. The molecule has 0 aliphatic heterocycles. The van der Waals surface area contributed by atoms with Crippen LogP contribution in [0, 0.1) is 7.11 Å². The van der Waals surface area contributed by atoms with E-state index in [9.17, 15) is 0 Å². The predicted molar refractivity (Wildman–Crippen MR) is 38.9 cm³/mol. The van der Waals surface area contributed by atoms with Crippen LogP contribution in [0.25, 0.3) is 0 Å². The van der Waals surface area contributed by atoms with Crippen LogP contribution in [0.15, 0.2) is 0 Å². The van der Waals surface area contributed by atoms with Crippen LogP contribution in [-0.4, -0.2) is 18.1 Å². The van der Waals surface area contributed by atoms with Crippen molar-refractivity contribution in [3.8, 4) is 0 Å². The molecule has 0 fully saturated rings. The Bertz CT molecular complexity index is 33.5. The van der Waals surface area contributed by atoms with Gasteiger partial charge < -0.3 is 4.74 Å². The Morgan fingerprint density at radius 3 is 2.75 bits per heavy atom. The van der Waals surface area contributed by atoms with Crippen molar-refractivity contribution in [1.82, 2.24) is 0 Å². The number of hydrogen-bond donors (Lipinski definition) is 0. The van der Waals surface area contributed by atoms with E-state index in [2.05, 4.69) is 18.8 Å². The Hall–Kier alpha value is 0.310. The van der Waals surface area contributed by atoms with Crippen molar-refractivity contribution >= 4 is 11.8 Å². The maximum Gasteiger partial charge on any atom is 0.0700 e. The fourth-order valence-electron chi connectivity index (χ4n) is 0.364. The SMILES string of the molecule is [CH2]OCCSCCC. The standard InChI is InChI=1S/C6H13OS/c1-3-5-8-6-4-7-2/h2-6H2,1H3. The van der Waals surface area contributed by atoms with Gasteiger partial charge in [-0.2, -0.15) is 11.8 Å². The number of rotatable bonds is 5. The summed E-state index contributed by atoms with van der Waals surface area (Å²) in [5, 5.41) is 0. The molecule has 1 radical (unpaired) electrons. The molecule has 1 nitrogen and oxygen atoms in total. The third kappa shape index (κ3) is 6.31. The summed E-state index contributed by atoms with van der Waals surface area (Å²) in [5.41, 5.74) is 0. The Morgan fingerprint density at radius 2 is 2.25 bits per heavy atom. The molecule has 0 bridgehead atoms. The van der Waals surface area contributed by atoms with Crippen LogP contribution in [0.3, 0.4) is 0 Å². The van der Waals surface area contributed by atoms with Gasteiger partial charge in [0.25, 0.3) is 0 Å². The van der Waals surface area contributed by atoms with Gasteiger partial charge in [0, 0.05) is 5.75 Å². The largest absolute Gasteiger partial charge is 0.378 e. The first kappa shape index (κ1) is 8.31. The van der Waals surface area contributed by atoms with Crippen LogP contribution in [0.2, 0.25) is 0 Å². The molecule has 0 aliphatic rings. The highest BCUT2D eigenvalue weighted by Gasteiger charge is 1.83. The van der Waals surface area contributed by atoms with Gasteiger partial charge >= 0.3 is 0 Å². The molecule has 0 aliphatic carbocycles. The van der Waals surface area contributed by atoms with E-state index in [0.29, 0.717) is 0 Å². The Kier molecular flexibility index (Phi) is 7.59. The van der Waals surface area contributed by atoms with Gasteiger partial charge in [-0.1, -0.05) is 6.92 Å². The number of hydrogen-bond acceptors (Lipinski definition) is 2. The van der Waals surface area contributed by atoms with Crippen molar-refractivity contribution in [3.63, 3.8) is 0 Å². The van der Waals surface area contributed by atoms with Crippen molar-refractivity contribution in [2.24, 2.45) is 0 Å². The molecule has 0 heterocycles. The van der Waals surface area contributed by atoms with E-state index >= 15 is 0 Å². The van der Waals surface area contributed by atoms with Crippen LogP contribution in [-0.2, 0) is 4.74 Å². The van der Waals surface area contributed by atoms with Crippen molar-refractivity contribution in [2.75, 3.05) is 18.1 Å². The van der Waals surface area contributed by atoms with Gasteiger partial charge in [-0.3, -0.25) is 0 Å². The molecule has 0 saturated carbocycles. The van der Waals surface area contributed by atoms with E-state index in [1.165, 1.54) is 12.2 Å². The zero-order chi connectivity index (χ0) is 6.24. The first-order valence-corrected chi connectivity index (χ1v) is 4.02. The molecule has 0 rings (SSSR count). The van der Waals surface area contributed by atoms with Crippen LogP contribution in [0.4, 0.5) is 0 Å². The summed E-state index contributed by atoms with van der Waals surface area (Å²) in [5.74, 6) is 2.32. The van der Waals surface area contributed by atoms with E-state index in [1.807, 2.05) is 11.8 Å². The summed E-state index contributed by atoms with van der Waals surface area (Å²) in [6.07, 6.45) is 1.25. The molecule has 0 N–H and O–H groups in total. The predicted octanol–water partition coefficient (Wildman–Crippen LogP) is 1.94.